The van der Waals surface area contributed by atoms with E-state index >= 15 is 0 Å². The molecular formula is C16H18N2O2. The average Bonchev–Trinajstić information content (AvgIpc) is 2.61. The highest BCUT2D eigenvalue weighted by Gasteiger charge is 2.30. The van der Waals surface area contributed by atoms with Crippen molar-refractivity contribution in [1.29, 1.82) is 0 Å². The van der Waals surface area contributed by atoms with Gasteiger partial charge in [0.05, 0.1) is 0 Å². The van der Waals surface area contributed by atoms with Crippen molar-refractivity contribution in [3.05, 3.63) is 35.9 Å². The molecule has 20 heavy (non-hydrogen) atoms. The van der Waals surface area contributed by atoms with E-state index < -0.39 is 6.04 Å². The zero-order chi connectivity index (χ0) is 14.4. The van der Waals surface area contributed by atoms with E-state index in [2.05, 4.69) is 11.2 Å². The second kappa shape index (κ2) is 6.76. The summed E-state index contributed by atoms with van der Waals surface area (Å²) in [4.78, 5) is 26.0. The molecule has 0 saturated carbocycles. The average molecular weight is 270 g/mol. The molecule has 1 aliphatic rings. The van der Waals surface area contributed by atoms with Crippen LogP contribution in [-0.4, -0.2) is 29.8 Å². The molecule has 0 radical (unpaired) electrons. The molecular weight excluding hydrogens is 252 g/mol. The van der Waals surface area contributed by atoms with Crippen molar-refractivity contribution in [2.24, 2.45) is 0 Å². The zero-order valence-corrected chi connectivity index (χ0v) is 11.3. The Labute approximate surface area is 119 Å². The van der Waals surface area contributed by atoms with Crippen LogP contribution >= 0.6 is 0 Å². The van der Waals surface area contributed by atoms with E-state index in [9.17, 15) is 9.59 Å². The third kappa shape index (κ3) is 3.39. The van der Waals surface area contributed by atoms with Crippen molar-refractivity contribution in [3.8, 4) is 12.3 Å². The third-order valence-corrected chi connectivity index (χ3v) is 3.35. The summed E-state index contributed by atoms with van der Waals surface area (Å²) in [5.41, 5.74) is 0.815. The molecule has 1 N–H and O–H groups in total. The van der Waals surface area contributed by atoms with E-state index in [1.165, 1.54) is 0 Å². The van der Waals surface area contributed by atoms with Crippen LogP contribution in [0, 0.1) is 12.3 Å². The maximum atomic E-state index is 12.5. The molecule has 1 unspecified atom stereocenters. The number of nitrogens with one attached hydrogen (secondary N) is 1. The Hall–Kier alpha value is -2.28. The molecule has 1 heterocycles. The summed E-state index contributed by atoms with van der Waals surface area (Å²) >= 11 is 0. The van der Waals surface area contributed by atoms with Gasteiger partial charge >= 0.3 is 0 Å². The number of unbranched alkanes of at least 4 members (excludes halogenated alkanes) is 1. The number of amides is 2. The van der Waals surface area contributed by atoms with Crippen molar-refractivity contribution in [2.45, 2.75) is 25.3 Å². The number of carbonyl (C=O) groups is 2. The summed E-state index contributed by atoms with van der Waals surface area (Å²) in [5.74, 6) is 2.42. The van der Waals surface area contributed by atoms with Gasteiger partial charge in [0.1, 0.15) is 6.04 Å². The minimum absolute atomic E-state index is 0.0564. The highest BCUT2D eigenvalue weighted by atomic mass is 16.2. The predicted molar refractivity (Wildman–Crippen MR) is 76.6 cm³/mol. The standard InChI is InChI=1S/C16H18N2O2/c1-2-3-7-11-18-12-10-14(19)17-15(16(18)20)13-8-5-4-6-9-13/h1,4-6,8-9,15H,3,7,10-12H2,(H,17,19). The summed E-state index contributed by atoms with van der Waals surface area (Å²) in [6.07, 6.45) is 6.97. The first kappa shape index (κ1) is 14.1. The molecule has 1 fully saturated rings. The van der Waals surface area contributed by atoms with E-state index in [4.69, 9.17) is 6.42 Å². The van der Waals surface area contributed by atoms with Crippen molar-refractivity contribution in [1.82, 2.24) is 10.2 Å². The summed E-state index contributed by atoms with van der Waals surface area (Å²) in [6, 6.07) is 8.74. The third-order valence-electron chi connectivity index (χ3n) is 3.35. The number of nitrogens with zero attached hydrogens (tertiary/aromatic N) is 1. The van der Waals surface area contributed by atoms with Gasteiger partial charge in [0.15, 0.2) is 0 Å². The van der Waals surface area contributed by atoms with Crippen molar-refractivity contribution in [2.75, 3.05) is 13.1 Å². The first-order valence-electron chi connectivity index (χ1n) is 6.79. The lowest BCUT2D eigenvalue weighted by atomic mass is 10.1. The molecule has 1 saturated heterocycles. The summed E-state index contributed by atoms with van der Waals surface area (Å²) < 4.78 is 0. The molecule has 0 aliphatic carbocycles. The topological polar surface area (TPSA) is 49.4 Å². The molecule has 1 aromatic carbocycles. The Morgan fingerprint density at radius 3 is 2.75 bits per heavy atom. The van der Waals surface area contributed by atoms with Gasteiger partial charge in [0.25, 0.3) is 0 Å². The smallest absolute Gasteiger partial charge is 0.249 e. The van der Waals surface area contributed by atoms with Crippen LogP contribution in [0.3, 0.4) is 0 Å². The summed E-state index contributed by atoms with van der Waals surface area (Å²) in [6.45, 7) is 1.06. The quantitative estimate of drug-likeness (QED) is 0.665. The molecule has 1 aliphatic heterocycles. The highest BCUT2D eigenvalue weighted by molar-refractivity contribution is 5.90. The van der Waals surface area contributed by atoms with Crippen LogP contribution in [0.4, 0.5) is 0 Å². The van der Waals surface area contributed by atoms with Gasteiger partial charge in [-0.2, -0.15) is 0 Å². The first-order chi connectivity index (χ1) is 9.72. The van der Waals surface area contributed by atoms with Crippen molar-refractivity contribution < 1.29 is 9.59 Å². The summed E-state index contributed by atoms with van der Waals surface area (Å²) in [7, 11) is 0. The van der Waals surface area contributed by atoms with Gasteiger partial charge in [-0.15, -0.1) is 12.3 Å². The Morgan fingerprint density at radius 1 is 1.30 bits per heavy atom. The Morgan fingerprint density at radius 2 is 2.05 bits per heavy atom. The number of benzene rings is 1. The minimum Gasteiger partial charge on any atom is -0.340 e. The fourth-order valence-electron chi connectivity index (χ4n) is 2.29. The maximum Gasteiger partial charge on any atom is 0.249 e. The largest absolute Gasteiger partial charge is 0.340 e. The molecule has 4 nitrogen and oxygen atoms in total. The fraction of sp³-hybridized carbons (Fsp3) is 0.375. The SMILES string of the molecule is C#CCCCN1CCC(=O)NC(c2ccccc2)C1=O. The van der Waals surface area contributed by atoms with Gasteiger partial charge in [0, 0.05) is 25.9 Å². The molecule has 0 bridgehead atoms. The van der Waals surface area contributed by atoms with Gasteiger partial charge in [-0.05, 0) is 12.0 Å². The van der Waals surface area contributed by atoms with Crippen LogP contribution in [0.15, 0.2) is 30.3 Å². The van der Waals surface area contributed by atoms with E-state index in [1.807, 2.05) is 30.3 Å². The molecule has 2 rings (SSSR count). The normalized spacial score (nSPS) is 19.1. The Balaban J connectivity index is 2.15. The van der Waals surface area contributed by atoms with Crippen LogP contribution in [-0.2, 0) is 9.59 Å². The van der Waals surface area contributed by atoms with Gasteiger partial charge in [0.2, 0.25) is 11.8 Å². The number of hydrogen-bond donors (Lipinski definition) is 1. The van der Waals surface area contributed by atoms with Crippen LogP contribution in [0.1, 0.15) is 30.9 Å². The lowest BCUT2D eigenvalue weighted by Crippen LogP contribution is -2.38. The molecule has 4 heteroatoms. The Bertz CT molecular complexity index is 519. The maximum absolute atomic E-state index is 12.5. The van der Waals surface area contributed by atoms with Crippen LogP contribution < -0.4 is 5.32 Å². The van der Waals surface area contributed by atoms with E-state index in [1.54, 1.807) is 4.90 Å². The predicted octanol–water partition coefficient (Wildman–Crippen LogP) is 1.49. The monoisotopic (exact) mass is 270 g/mol. The van der Waals surface area contributed by atoms with Crippen molar-refractivity contribution >= 4 is 11.8 Å². The van der Waals surface area contributed by atoms with Crippen molar-refractivity contribution in [3.63, 3.8) is 0 Å². The Kier molecular flexibility index (Phi) is 4.78. The molecule has 0 aromatic heterocycles. The first-order valence-corrected chi connectivity index (χ1v) is 6.79. The van der Waals surface area contributed by atoms with Crippen LogP contribution in [0.25, 0.3) is 0 Å². The van der Waals surface area contributed by atoms with E-state index in [0.717, 1.165) is 12.0 Å². The van der Waals surface area contributed by atoms with Crippen LogP contribution in [0.5, 0.6) is 0 Å². The van der Waals surface area contributed by atoms with Gasteiger partial charge in [-0.25, -0.2) is 0 Å². The molecule has 0 spiro atoms. The molecule has 104 valence electrons. The second-order valence-corrected chi connectivity index (χ2v) is 4.79. The van der Waals surface area contributed by atoms with Gasteiger partial charge < -0.3 is 10.2 Å². The molecule has 1 aromatic rings. The minimum atomic E-state index is -0.586. The number of rotatable bonds is 4. The zero-order valence-electron chi connectivity index (χ0n) is 11.3. The fourth-order valence-corrected chi connectivity index (χ4v) is 2.29. The second-order valence-electron chi connectivity index (χ2n) is 4.79. The lowest BCUT2D eigenvalue weighted by molar-refractivity contribution is -0.133. The molecule has 2 amide bonds. The lowest BCUT2D eigenvalue weighted by Gasteiger charge is -2.24. The van der Waals surface area contributed by atoms with Crippen LogP contribution in [0.2, 0.25) is 0 Å². The van der Waals surface area contributed by atoms with Gasteiger partial charge in [-0.1, -0.05) is 30.3 Å². The van der Waals surface area contributed by atoms with E-state index in [0.29, 0.717) is 25.9 Å². The van der Waals surface area contributed by atoms with Gasteiger partial charge in [-0.3, -0.25) is 9.59 Å². The summed E-state index contributed by atoms with van der Waals surface area (Å²) in [5, 5.41) is 2.79. The van der Waals surface area contributed by atoms with E-state index in [-0.39, 0.29) is 11.8 Å². The highest BCUT2D eigenvalue weighted by Crippen LogP contribution is 2.19. The number of carbonyl (C=O) groups excluding carboxylic acids is 2. The number of hydrogen-bond acceptors (Lipinski definition) is 2. The number of terminal acetylenes is 1. The molecule has 1 atom stereocenters.